The zero-order valence-electron chi connectivity index (χ0n) is 19.4. The Balaban J connectivity index is 2.06. The van der Waals surface area contributed by atoms with Crippen molar-refractivity contribution < 1.29 is 18.9 Å². The highest BCUT2D eigenvalue weighted by Gasteiger charge is 2.78. The van der Waals surface area contributed by atoms with Gasteiger partial charge in [0.25, 0.3) is 5.79 Å². The minimum atomic E-state index is -1.94. The lowest BCUT2D eigenvalue weighted by Crippen LogP contribution is -2.79. The molecule has 2 saturated heterocycles. The van der Waals surface area contributed by atoms with Crippen molar-refractivity contribution in [3.05, 3.63) is 29.8 Å². The van der Waals surface area contributed by atoms with E-state index in [1.807, 2.05) is 12.1 Å². The van der Waals surface area contributed by atoms with Crippen LogP contribution in [0.1, 0.15) is 67.4 Å². The van der Waals surface area contributed by atoms with Gasteiger partial charge in [-0.05, 0) is 36.7 Å². The number of rotatable bonds is 3. The lowest BCUT2D eigenvalue weighted by atomic mass is 9.53. The van der Waals surface area contributed by atoms with Crippen molar-refractivity contribution in [3.8, 4) is 5.75 Å². The van der Waals surface area contributed by atoms with Crippen LogP contribution in [0.5, 0.6) is 5.75 Å². The summed E-state index contributed by atoms with van der Waals surface area (Å²) in [6, 6.07) is 8.23. The monoisotopic (exact) mass is 406 g/mol. The third-order valence-electron chi connectivity index (χ3n) is 7.18. The van der Waals surface area contributed by atoms with Crippen LogP contribution in [-0.4, -0.2) is 20.5 Å². The van der Waals surface area contributed by atoms with Crippen molar-refractivity contribution in [2.24, 2.45) is 10.8 Å². The van der Waals surface area contributed by atoms with E-state index in [1.54, 1.807) is 0 Å². The van der Waals surface area contributed by atoms with Crippen molar-refractivity contribution >= 4 is 8.32 Å². The zero-order valence-corrected chi connectivity index (χ0v) is 20.4. The SMILES string of the molecule is CC(C)(C)C12OOC1(c1cccc(O[Si](C)(C)C(C)(C)C)c1)OCCC2(C)C. The summed E-state index contributed by atoms with van der Waals surface area (Å²) >= 11 is 0. The molecule has 0 bridgehead atoms. The highest BCUT2D eigenvalue weighted by Crippen LogP contribution is 2.68. The molecule has 2 unspecified atom stereocenters. The summed E-state index contributed by atoms with van der Waals surface area (Å²) in [5, 5.41) is 0.135. The van der Waals surface area contributed by atoms with E-state index in [4.69, 9.17) is 18.9 Å². The summed E-state index contributed by atoms with van der Waals surface area (Å²) in [6.07, 6.45) is 0.926. The normalized spacial score (nSPS) is 30.4. The van der Waals surface area contributed by atoms with Gasteiger partial charge in [-0.25, -0.2) is 4.89 Å². The van der Waals surface area contributed by atoms with Gasteiger partial charge in [-0.15, -0.1) is 0 Å². The van der Waals surface area contributed by atoms with Crippen molar-refractivity contribution in [1.82, 2.24) is 0 Å². The third-order valence-corrected chi connectivity index (χ3v) is 11.5. The van der Waals surface area contributed by atoms with E-state index in [0.29, 0.717) is 6.61 Å². The van der Waals surface area contributed by atoms with E-state index in [-0.39, 0.29) is 15.9 Å². The smallest absolute Gasteiger partial charge is 0.261 e. The maximum Gasteiger partial charge on any atom is 0.261 e. The van der Waals surface area contributed by atoms with Crippen LogP contribution >= 0.6 is 0 Å². The van der Waals surface area contributed by atoms with Crippen LogP contribution in [0.2, 0.25) is 18.1 Å². The van der Waals surface area contributed by atoms with Crippen molar-refractivity contribution in [2.45, 2.75) is 91.3 Å². The lowest BCUT2D eigenvalue weighted by Gasteiger charge is -2.69. The largest absolute Gasteiger partial charge is 0.543 e. The molecule has 0 saturated carbocycles. The molecule has 5 heteroatoms. The standard InChI is InChI=1S/C23H38O4Si/c1-19(2,3)23-21(7,8)14-15-24-22(23,26-27-23)17-12-11-13-18(16-17)25-28(9,10)20(4,5)6/h11-13,16H,14-15H2,1-10H3. The number of hydrogen-bond acceptors (Lipinski definition) is 4. The molecule has 0 N–H and O–H groups in total. The van der Waals surface area contributed by atoms with Crippen LogP contribution in [0, 0.1) is 10.8 Å². The van der Waals surface area contributed by atoms with Crippen LogP contribution in [0.15, 0.2) is 24.3 Å². The molecule has 28 heavy (non-hydrogen) atoms. The number of benzene rings is 1. The van der Waals surface area contributed by atoms with Gasteiger partial charge in [0, 0.05) is 16.4 Å². The van der Waals surface area contributed by atoms with Gasteiger partial charge in [0.15, 0.2) is 5.60 Å². The van der Waals surface area contributed by atoms with Crippen LogP contribution in [-0.2, 0) is 20.3 Å². The molecule has 0 aromatic heterocycles. The van der Waals surface area contributed by atoms with Gasteiger partial charge in [-0.3, -0.25) is 0 Å². The van der Waals surface area contributed by atoms with E-state index in [0.717, 1.165) is 17.7 Å². The molecule has 2 atom stereocenters. The maximum atomic E-state index is 6.56. The summed E-state index contributed by atoms with van der Waals surface area (Å²) in [4.78, 5) is 11.9. The maximum absolute atomic E-state index is 6.56. The fraction of sp³-hybridized carbons (Fsp3) is 0.739. The third kappa shape index (κ3) is 2.89. The summed E-state index contributed by atoms with van der Waals surface area (Å²) in [7, 11) is -1.94. The predicted octanol–water partition coefficient (Wildman–Crippen LogP) is 6.42. The minimum absolute atomic E-state index is 0.0992. The fourth-order valence-corrected chi connectivity index (χ4v) is 5.71. The molecule has 0 spiro atoms. The van der Waals surface area contributed by atoms with Crippen LogP contribution in [0.25, 0.3) is 0 Å². The van der Waals surface area contributed by atoms with Gasteiger partial charge in [-0.1, -0.05) is 67.5 Å². The van der Waals surface area contributed by atoms with E-state index in [2.05, 4.69) is 80.6 Å². The van der Waals surface area contributed by atoms with Gasteiger partial charge in [0.05, 0.1) is 6.61 Å². The first-order chi connectivity index (χ1) is 12.6. The Morgan fingerprint density at radius 1 is 1.00 bits per heavy atom. The van der Waals surface area contributed by atoms with Gasteiger partial charge in [-0.2, -0.15) is 4.89 Å². The molecule has 0 amide bonds. The topological polar surface area (TPSA) is 36.9 Å². The summed E-state index contributed by atoms with van der Waals surface area (Å²) < 4.78 is 12.9. The Labute approximate surface area is 172 Å². The molecule has 4 nitrogen and oxygen atoms in total. The molecule has 1 aromatic rings. The molecule has 2 fully saturated rings. The minimum Gasteiger partial charge on any atom is -0.543 e. The van der Waals surface area contributed by atoms with Crippen molar-refractivity contribution in [1.29, 1.82) is 0 Å². The zero-order chi connectivity index (χ0) is 21.2. The molecule has 2 aliphatic heterocycles. The summed E-state index contributed by atoms with van der Waals surface area (Å²) in [5.74, 6) is -0.0384. The van der Waals surface area contributed by atoms with Gasteiger partial charge in [0.2, 0.25) is 8.32 Å². The predicted molar refractivity (Wildman–Crippen MR) is 115 cm³/mol. The Hall–Kier alpha value is -0.883. The van der Waals surface area contributed by atoms with E-state index in [1.165, 1.54) is 0 Å². The molecular formula is C23H38O4Si. The second kappa shape index (κ2) is 6.31. The first kappa shape index (κ1) is 21.8. The van der Waals surface area contributed by atoms with Crippen molar-refractivity contribution in [2.75, 3.05) is 6.61 Å². The Morgan fingerprint density at radius 3 is 2.14 bits per heavy atom. The first-order valence-corrected chi connectivity index (χ1v) is 13.3. The second-order valence-corrected chi connectivity index (χ2v) is 16.3. The van der Waals surface area contributed by atoms with Gasteiger partial charge in [0.1, 0.15) is 5.75 Å². The first-order valence-electron chi connectivity index (χ1n) is 10.4. The molecule has 0 radical (unpaired) electrons. The number of ether oxygens (including phenoxy) is 1. The Bertz CT molecular complexity index is 744. The van der Waals surface area contributed by atoms with Crippen LogP contribution < -0.4 is 4.43 Å². The number of fused-ring (bicyclic) bond motifs is 1. The van der Waals surface area contributed by atoms with Crippen molar-refractivity contribution in [3.63, 3.8) is 0 Å². The lowest BCUT2D eigenvalue weighted by molar-refractivity contribution is -0.664. The molecule has 158 valence electrons. The average Bonchev–Trinajstić information content (AvgIpc) is 2.46. The molecular weight excluding hydrogens is 368 g/mol. The molecule has 0 aliphatic carbocycles. The fourth-order valence-electron chi connectivity index (χ4n) is 4.69. The summed E-state index contributed by atoms with van der Waals surface area (Å²) in [5.41, 5.74) is 0.113. The van der Waals surface area contributed by atoms with Crippen LogP contribution in [0.3, 0.4) is 0 Å². The van der Waals surface area contributed by atoms with E-state index in [9.17, 15) is 0 Å². The average molecular weight is 407 g/mol. The summed E-state index contributed by atoms with van der Waals surface area (Å²) in [6.45, 7) is 23.1. The van der Waals surface area contributed by atoms with Crippen LogP contribution in [0.4, 0.5) is 0 Å². The number of hydrogen-bond donors (Lipinski definition) is 0. The Morgan fingerprint density at radius 2 is 1.64 bits per heavy atom. The molecule has 3 rings (SSSR count). The molecule has 2 heterocycles. The van der Waals surface area contributed by atoms with E-state index >= 15 is 0 Å². The highest BCUT2D eigenvalue weighted by atomic mass is 28.4. The Kier molecular flexibility index (Phi) is 4.91. The molecule has 1 aromatic carbocycles. The second-order valence-electron chi connectivity index (χ2n) is 11.6. The van der Waals surface area contributed by atoms with Gasteiger partial charge < -0.3 is 9.16 Å². The van der Waals surface area contributed by atoms with E-state index < -0.39 is 19.7 Å². The highest BCUT2D eigenvalue weighted by molar-refractivity contribution is 6.74. The molecule has 2 aliphatic rings. The quantitative estimate of drug-likeness (QED) is 0.429. The van der Waals surface area contributed by atoms with Gasteiger partial charge >= 0.3 is 0 Å².